The van der Waals surface area contributed by atoms with Gasteiger partial charge in [0.05, 0.1) is 0 Å². The van der Waals surface area contributed by atoms with Crippen LogP contribution in [0.25, 0.3) is 0 Å². The van der Waals surface area contributed by atoms with E-state index in [1.165, 1.54) is 12.1 Å². The fraction of sp³-hybridized carbons (Fsp3) is 0.188. The first kappa shape index (κ1) is 16.8. The molecular weight excluding hydrogens is 314 g/mol. The summed E-state index contributed by atoms with van der Waals surface area (Å²) in [5, 5.41) is 2.65. The Morgan fingerprint density at radius 1 is 1.04 bits per heavy atom. The lowest BCUT2D eigenvalue weighted by atomic mass is 10.2. The largest absolute Gasteiger partial charge is 0.461 e. The minimum absolute atomic E-state index is 0.202. The van der Waals surface area contributed by atoms with Crippen LogP contribution in [0, 0.1) is 0 Å². The number of nitrogens with one attached hydrogen (secondary N) is 1. The number of carbonyl (C=O) groups is 1. The summed E-state index contributed by atoms with van der Waals surface area (Å²) < 4.78 is 53.5. The first-order valence-corrected chi connectivity index (χ1v) is 6.65. The summed E-state index contributed by atoms with van der Waals surface area (Å²) in [7, 11) is 0. The number of benzene rings is 2. The maximum atomic E-state index is 12.7. The average molecular weight is 327 g/mol. The third-order valence-corrected chi connectivity index (χ3v) is 2.92. The van der Waals surface area contributed by atoms with Crippen LogP contribution in [0.3, 0.4) is 0 Å². The van der Waals surface area contributed by atoms with Gasteiger partial charge in [-0.1, -0.05) is 30.3 Å². The Hall–Kier alpha value is -2.57. The molecule has 0 heterocycles. The fourth-order valence-electron chi connectivity index (χ4n) is 1.76. The zero-order valence-corrected chi connectivity index (χ0v) is 11.8. The Labute approximate surface area is 129 Å². The molecule has 2 aromatic carbocycles. The van der Waals surface area contributed by atoms with E-state index in [0.29, 0.717) is 6.54 Å². The Morgan fingerprint density at radius 2 is 1.65 bits per heavy atom. The molecule has 3 nitrogen and oxygen atoms in total. The van der Waals surface area contributed by atoms with Gasteiger partial charge in [0.15, 0.2) is 0 Å². The summed E-state index contributed by atoms with van der Waals surface area (Å²) in [4.78, 5) is 11.9. The molecular formula is C16H13F4NO2. The number of rotatable bonds is 6. The van der Waals surface area contributed by atoms with E-state index in [-0.39, 0.29) is 5.56 Å². The quantitative estimate of drug-likeness (QED) is 0.819. The van der Waals surface area contributed by atoms with Gasteiger partial charge in [0.1, 0.15) is 5.75 Å². The van der Waals surface area contributed by atoms with E-state index >= 15 is 0 Å². The number of ether oxygens (including phenoxy) is 1. The molecule has 0 saturated carbocycles. The highest BCUT2D eigenvalue weighted by Crippen LogP contribution is 2.27. The molecule has 0 fully saturated rings. The standard InChI is InChI=1S/C16H13F4NO2/c17-15(18)16(19,20)23-13-8-6-12(7-9-13)14(22)21-10-11-4-2-1-3-5-11/h1-9,15H,10H2,(H,21,22). The van der Waals surface area contributed by atoms with Crippen molar-refractivity contribution in [2.45, 2.75) is 19.1 Å². The fourth-order valence-corrected chi connectivity index (χ4v) is 1.76. The number of alkyl halides is 4. The van der Waals surface area contributed by atoms with Gasteiger partial charge < -0.3 is 10.1 Å². The lowest BCUT2D eigenvalue weighted by Crippen LogP contribution is -2.33. The Morgan fingerprint density at radius 3 is 2.22 bits per heavy atom. The molecule has 0 spiro atoms. The molecule has 1 amide bonds. The highest BCUT2D eigenvalue weighted by atomic mass is 19.3. The molecule has 7 heteroatoms. The smallest absolute Gasteiger partial charge is 0.428 e. The summed E-state index contributed by atoms with van der Waals surface area (Å²) in [6.45, 7) is 0.307. The SMILES string of the molecule is O=C(NCc1ccccc1)c1ccc(OC(F)(F)C(F)F)cc1. The van der Waals surface area contributed by atoms with Crippen molar-refractivity contribution in [2.75, 3.05) is 0 Å². The van der Waals surface area contributed by atoms with Crippen LogP contribution in [-0.4, -0.2) is 18.4 Å². The van der Waals surface area contributed by atoms with E-state index in [2.05, 4.69) is 10.1 Å². The monoisotopic (exact) mass is 327 g/mol. The lowest BCUT2D eigenvalue weighted by molar-refractivity contribution is -0.253. The second-order valence-electron chi connectivity index (χ2n) is 4.66. The van der Waals surface area contributed by atoms with Crippen molar-refractivity contribution in [3.8, 4) is 5.75 Å². The number of carbonyl (C=O) groups excluding carboxylic acids is 1. The average Bonchev–Trinajstić information content (AvgIpc) is 2.54. The zero-order valence-electron chi connectivity index (χ0n) is 11.8. The van der Waals surface area contributed by atoms with E-state index in [1.54, 1.807) is 0 Å². The lowest BCUT2D eigenvalue weighted by Gasteiger charge is -2.16. The highest BCUT2D eigenvalue weighted by molar-refractivity contribution is 5.94. The van der Waals surface area contributed by atoms with Crippen LogP contribution >= 0.6 is 0 Å². The normalized spacial score (nSPS) is 11.3. The molecule has 0 aromatic heterocycles. The minimum Gasteiger partial charge on any atom is -0.428 e. The van der Waals surface area contributed by atoms with Crippen LogP contribution in [0.1, 0.15) is 15.9 Å². The predicted octanol–water partition coefficient (Wildman–Crippen LogP) is 3.85. The van der Waals surface area contributed by atoms with Gasteiger partial charge in [-0.2, -0.15) is 17.6 Å². The second kappa shape index (κ2) is 7.13. The third kappa shape index (κ3) is 4.70. The first-order chi connectivity index (χ1) is 10.9. The van der Waals surface area contributed by atoms with Crippen LogP contribution in [0.2, 0.25) is 0 Å². The molecule has 0 bridgehead atoms. The second-order valence-corrected chi connectivity index (χ2v) is 4.66. The van der Waals surface area contributed by atoms with Crippen LogP contribution in [0.5, 0.6) is 5.75 Å². The Kier molecular flexibility index (Phi) is 5.20. The maximum absolute atomic E-state index is 12.7. The number of halogens is 4. The van der Waals surface area contributed by atoms with Crippen molar-refractivity contribution in [1.82, 2.24) is 5.32 Å². The molecule has 1 N–H and O–H groups in total. The summed E-state index contributed by atoms with van der Waals surface area (Å²) in [5.74, 6) is -0.865. The molecule has 0 aliphatic carbocycles. The van der Waals surface area contributed by atoms with Crippen LogP contribution in [-0.2, 0) is 6.54 Å². The van der Waals surface area contributed by atoms with Gasteiger partial charge in [0, 0.05) is 12.1 Å². The van der Waals surface area contributed by atoms with E-state index < -0.39 is 24.2 Å². The number of hydrogen-bond donors (Lipinski definition) is 1. The summed E-state index contributed by atoms with van der Waals surface area (Å²) in [6.07, 6.45) is -8.51. The molecule has 0 radical (unpaired) electrons. The van der Waals surface area contributed by atoms with Crippen molar-refractivity contribution >= 4 is 5.91 Å². The molecule has 23 heavy (non-hydrogen) atoms. The Bertz CT molecular complexity index is 645. The summed E-state index contributed by atoms with van der Waals surface area (Å²) >= 11 is 0. The van der Waals surface area contributed by atoms with Crippen molar-refractivity contribution < 1.29 is 27.1 Å². The van der Waals surface area contributed by atoms with Crippen molar-refractivity contribution in [3.05, 3.63) is 65.7 Å². The van der Waals surface area contributed by atoms with E-state index in [4.69, 9.17) is 0 Å². The summed E-state index contributed by atoms with van der Waals surface area (Å²) in [6, 6.07) is 13.7. The van der Waals surface area contributed by atoms with Crippen LogP contribution in [0.4, 0.5) is 17.6 Å². The van der Waals surface area contributed by atoms with Gasteiger partial charge >= 0.3 is 12.5 Å². The van der Waals surface area contributed by atoms with E-state index in [0.717, 1.165) is 17.7 Å². The molecule has 0 atom stereocenters. The topological polar surface area (TPSA) is 38.3 Å². The molecule has 2 aromatic rings. The van der Waals surface area contributed by atoms with Gasteiger partial charge in [0.2, 0.25) is 0 Å². The first-order valence-electron chi connectivity index (χ1n) is 6.65. The molecule has 122 valence electrons. The van der Waals surface area contributed by atoms with Gasteiger partial charge in [-0.05, 0) is 29.8 Å². The third-order valence-electron chi connectivity index (χ3n) is 2.92. The number of hydrogen-bond acceptors (Lipinski definition) is 2. The summed E-state index contributed by atoms with van der Waals surface area (Å²) in [5.41, 5.74) is 1.10. The van der Waals surface area contributed by atoms with Crippen molar-refractivity contribution in [2.24, 2.45) is 0 Å². The van der Waals surface area contributed by atoms with E-state index in [1.807, 2.05) is 30.3 Å². The molecule has 2 rings (SSSR count). The Balaban J connectivity index is 1.95. The van der Waals surface area contributed by atoms with Gasteiger partial charge in [0.25, 0.3) is 5.91 Å². The predicted molar refractivity (Wildman–Crippen MR) is 75.6 cm³/mol. The van der Waals surface area contributed by atoms with Crippen LogP contribution in [0.15, 0.2) is 54.6 Å². The maximum Gasteiger partial charge on any atom is 0.461 e. The number of amides is 1. The molecule has 0 aliphatic heterocycles. The van der Waals surface area contributed by atoms with Gasteiger partial charge in [-0.25, -0.2) is 0 Å². The molecule has 0 saturated heterocycles. The van der Waals surface area contributed by atoms with E-state index in [9.17, 15) is 22.4 Å². The van der Waals surface area contributed by atoms with Gasteiger partial charge in [-0.3, -0.25) is 4.79 Å². The van der Waals surface area contributed by atoms with Crippen LogP contribution < -0.4 is 10.1 Å². The van der Waals surface area contributed by atoms with Crippen molar-refractivity contribution in [1.29, 1.82) is 0 Å². The van der Waals surface area contributed by atoms with Crippen molar-refractivity contribution in [3.63, 3.8) is 0 Å². The van der Waals surface area contributed by atoms with Gasteiger partial charge in [-0.15, -0.1) is 0 Å². The highest BCUT2D eigenvalue weighted by Gasteiger charge is 2.43. The zero-order chi connectivity index (χ0) is 16.9. The molecule has 0 unspecified atom stereocenters. The molecule has 0 aliphatic rings. The minimum atomic E-state index is -4.57.